The first-order chi connectivity index (χ1) is 7.56. The van der Waals surface area contributed by atoms with Crippen LogP contribution in [0.1, 0.15) is 52.9 Å². The molecule has 0 N–H and O–H groups in total. The minimum absolute atomic E-state index is 1.20. The maximum atomic E-state index is 2.41. The van der Waals surface area contributed by atoms with Crippen LogP contribution in [-0.4, -0.2) is 25.5 Å². The molecule has 0 atom stereocenters. The van der Waals surface area contributed by atoms with Crippen LogP contribution in [-0.2, 0) is 0 Å². The highest BCUT2D eigenvalue weighted by Crippen LogP contribution is 2.11. The van der Waals surface area contributed by atoms with Crippen molar-refractivity contribution in [1.29, 1.82) is 0 Å². The van der Waals surface area contributed by atoms with Crippen LogP contribution in [0.2, 0.25) is 0 Å². The van der Waals surface area contributed by atoms with Crippen LogP contribution in [0.4, 0.5) is 0 Å². The molecule has 94 valence electrons. The van der Waals surface area contributed by atoms with Crippen LogP contribution in [0.5, 0.6) is 0 Å². The van der Waals surface area contributed by atoms with E-state index in [0.717, 1.165) is 0 Å². The van der Waals surface area contributed by atoms with Crippen molar-refractivity contribution in [2.24, 2.45) is 0 Å². The van der Waals surface area contributed by atoms with Gasteiger partial charge in [0.05, 0.1) is 0 Å². The SMILES string of the molecule is C/C=C(\C)CC/C=C(\C)CCCCN(C)C. The number of hydrogen-bond donors (Lipinski definition) is 0. The molecule has 1 heteroatoms. The van der Waals surface area contributed by atoms with E-state index in [1.54, 1.807) is 5.57 Å². The van der Waals surface area contributed by atoms with Crippen molar-refractivity contribution in [3.8, 4) is 0 Å². The molecule has 0 spiro atoms. The number of hydrogen-bond acceptors (Lipinski definition) is 1. The molecule has 16 heavy (non-hydrogen) atoms. The van der Waals surface area contributed by atoms with Gasteiger partial charge in [-0.1, -0.05) is 23.3 Å². The molecule has 0 saturated heterocycles. The quantitative estimate of drug-likeness (QED) is 0.435. The first-order valence-corrected chi connectivity index (χ1v) is 6.48. The zero-order valence-electron chi connectivity index (χ0n) is 11.8. The van der Waals surface area contributed by atoms with Crippen LogP contribution >= 0.6 is 0 Å². The first kappa shape index (κ1) is 15.4. The summed E-state index contributed by atoms with van der Waals surface area (Å²) in [5.74, 6) is 0. The van der Waals surface area contributed by atoms with Crippen LogP contribution in [0, 0.1) is 0 Å². The fourth-order valence-electron chi connectivity index (χ4n) is 1.62. The molecule has 0 amide bonds. The second-order valence-electron chi connectivity index (χ2n) is 4.98. The minimum Gasteiger partial charge on any atom is -0.309 e. The number of unbranched alkanes of at least 4 members (excludes halogenated alkanes) is 1. The van der Waals surface area contributed by atoms with Gasteiger partial charge in [-0.2, -0.15) is 0 Å². The fourth-order valence-corrected chi connectivity index (χ4v) is 1.62. The average Bonchev–Trinajstić information content (AvgIpc) is 2.24. The van der Waals surface area contributed by atoms with Gasteiger partial charge in [0.25, 0.3) is 0 Å². The lowest BCUT2D eigenvalue weighted by Gasteiger charge is -2.08. The molecule has 0 aliphatic heterocycles. The molecule has 0 aliphatic rings. The summed E-state index contributed by atoms with van der Waals surface area (Å²) in [4.78, 5) is 2.26. The second-order valence-corrected chi connectivity index (χ2v) is 4.98. The van der Waals surface area contributed by atoms with E-state index in [2.05, 4.69) is 51.9 Å². The summed E-state index contributed by atoms with van der Waals surface area (Å²) in [6, 6.07) is 0. The molecule has 0 aromatic rings. The van der Waals surface area contributed by atoms with Gasteiger partial charge < -0.3 is 4.90 Å². The van der Waals surface area contributed by atoms with Gasteiger partial charge in [0.15, 0.2) is 0 Å². The lowest BCUT2D eigenvalue weighted by molar-refractivity contribution is 0.394. The molecular formula is C15H29N. The highest BCUT2D eigenvalue weighted by atomic mass is 15.0. The Bertz CT molecular complexity index is 224. The molecule has 0 unspecified atom stereocenters. The van der Waals surface area contributed by atoms with E-state index in [0.29, 0.717) is 0 Å². The molecule has 0 rings (SSSR count). The first-order valence-electron chi connectivity index (χ1n) is 6.48. The Balaban J connectivity index is 3.56. The standard InChI is InChI=1S/C15H29N/c1-6-14(2)11-9-12-15(3)10-7-8-13-16(4)5/h6,12H,7-11,13H2,1-5H3/b14-6+,15-12+. The Labute approximate surface area is 102 Å². The zero-order valence-corrected chi connectivity index (χ0v) is 11.8. The molecule has 0 bridgehead atoms. The van der Waals surface area contributed by atoms with Crippen molar-refractivity contribution in [3.05, 3.63) is 23.3 Å². The second kappa shape index (κ2) is 9.65. The Hall–Kier alpha value is -0.560. The molecule has 0 heterocycles. The molecule has 0 fully saturated rings. The van der Waals surface area contributed by atoms with Crippen molar-refractivity contribution < 1.29 is 0 Å². The van der Waals surface area contributed by atoms with Gasteiger partial charge >= 0.3 is 0 Å². The summed E-state index contributed by atoms with van der Waals surface area (Å²) >= 11 is 0. The van der Waals surface area contributed by atoms with E-state index in [1.165, 1.54) is 44.2 Å². The number of allylic oxidation sites excluding steroid dienone is 4. The molecule has 0 aromatic carbocycles. The third-order valence-corrected chi connectivity index (χ3v) is 2.95. The van der Waals surface area contributed by atoms with E-state index in [-0.39, 0.29) is 0 Å². The Morgan fingerprint density at radius 1 is 1.00 bits per heavy atom. The molecule has 1 nitrogen and oxygen atoms in total. The zero-order chi connectivity index (χ0) is 12.4. The lowest BCUT2D eigenvalue weighted by atomic mass is 10.1. The average molecular weight is 223 g/mol. The number of rotatable bonds is 8. The summed E-state index contributed by atoms with van der Waals surface area (Å²) in [5.41, 5.74) is 3.05. The smallest absolute Gasteiger partial charge is 0.00247 e. The summed E-state index contributed by atoms with van der Waals surface area (Å²) < 4.78 is 0. The molecule has 0 aromatic heterocycles. The lowest BCUT2D eigenvalue weighted by Crippen LogP contribution is -2.12. The van der Waals surface area contributed by atoms with Gasteiger partial charge in [0, 0.05) is 0 Å². The highest BCUT2D eigenvalue weighted by Gasteiger charge is 1.94. The third-order valence-electron chi connectivity index (χ3n) is 2.95. The topological polar surface area (TPSA) is 3.24 Å². The largest absolute Gasteiger partial charge is 0.309 e. The molecule has 0 aliphatic carbocycles. The van der Waals surface area contributed by atoms with E-state index in [1.807, 2.05) is 0 Å². The molecule has 0 radical (unpaired) electrons. The Morgan fingerprint density at radius 3 is 2.25 bits per heavy atom. The summed E-state index contributed by atoms with van der Waals surface area (Å²) in [7, 11) is 4.28. The van der Waals surface area contributed by atoms with Crippen LogP contribution in [0.25, 0.3) is 0 Å². The van der Waals surface area contributed by atoms with Gasteiger partial charge in [-0.05, 0) is 73.5 Å². The molecule has 0 saturated carbocycles. The third kappa shape index (κ3) is 9.97. The fraction of sp³-hybridized carbons (Fsp3) is 0.733. The van der Waals surface area contributed by atoms with Crippen LogP contribution in [0.3, 0.4) is 0 Å². The monoisotopic (exact) mass is 223 g/mol. The van der Waals surface area contributed by atoms with Crippen molar-refractivity contribution in [2.45, 2.75) is 52.9 Å². The van der Waals surface area contributed by atoms with Gasteiger partial charge in [0.2, 0.25) is 0 Å². The van der Waals surface area contributed by atoms with Crippen molar-refractivity contribution >= 4 is 0 Å². The minimum atomic E-state index is 1.20. The maximum absolute atomic E-state index is 2.41. The van der Waals surface area contributed by atoms with Crippen molar-refractivity contribution in [3.63, 3.8) is 0 Å². The predicted octanol–water partition coefficient (Wildman–Crippen LogP) is 4.41. The van der Waals surface area contributed by atoms with E-state index in [4.69, 9.17) is 0 Å². The highest BCUT2D eigenvalue weighted by molar-refractivity contribution is 5.02. The Kier molecular flexibility index (Phi) is 9.31. The van der Waals surface area contributed by atoms with Crippen molar-refractivity contribution in [1.82, 2.24) is 4.90 Å². The van der Waals surface area contributed by atoms with Gasteiger partial charge in [0.1, 0.15) is 0 Å². The summed E-state index contributed by atoms with van der Waals surface area (Å²) in [6.07, 6.45) is 10.9. The maximum Gasteiger partial charge on any atom is -0.00247 e. The van der Waals surface area contributed by atoms with Crippen molar-refractivity contribution in [2.75, 3.05) is 20.6 Å². The van der Waals surface area contributed by atoms with Crippen LogP contribution < -0.4 is 0 Å². The molecular weight excluding hydrogens is 194 g/mol. The van der Waals surface area contributed by atoms with Gasteiger partial charge in [-0.25, -0.2) is 0 Å². The summed E-state index contributed by atoms with van der Waals surface area (Å²) in [6.45, 7) is 7.80. The van der Waals surface area contributed by atoms with E-state index in [9.17, 15) is 0 Å². The number of nitrogens with zero attached hydrogens (tertiary/aromatic N) is 1. The van der Waals surface area contributed by atoms with Gasteiger partial charge in [-0.3, -0.25) is 0 Å². The normalized spacial score (nSPS) is 13.6. The van der Waals surface area contributed by atoms with Gasteiger partial charge in [-0.15, -0.1) is 0 Å². The predicted molar refractivity (Wildman–Crippen MR) is 74.8 cm³/mol. The van der Waals surface area contributed by atoms with E-state index >= 15 is 0 Å². The summed E-state index contributed by atoms with van der Waals surface area (Å²) in [5, 5.41) is 0. The van der Waals surface area contributed by atoms with E-state index < -0.39 is 0 Å². The van der Waals surface area contributed by atoms with Crippen LogP contribution in [0.15, 0.2) is 23.3 Å². The Morgan fingerprint density at radius 2 is 1.69 bits per heavy atom.